The molecular formula is C13H17FN2O2. The summed E-state index contributed by atoms with van der Waals surface area (Å²) < 4.78 is 18.3. The molecule has 1 aromatic rings. The minimum atomic E-state index is -0.329. The van der Waals surface area contributed by atoms with Crippen LogP contribution in [-0.4, -0.2) is 36.5 Å². The van der Waals surface area contributed by atoms with E-state index in [4.69, 9.17) is 10.5 Å². The third-order valence-corrected chi connectivity index (χ3v) is 2.88. The zero-order chi connectivity index (χ0) is 13.0. The highest BCUT2D eigenvalue weighted by atomic mass is 19.1. The van der Waals surface area contributed by atoms with Crippen molar-refractivity contribution in [1.82, 2.24) is 4.90 Å². The van der Waals surface area contributed by atoms with Gasteiger partial charge in [-0.05, 0) is 25.0 Å². The smallest absolute Gasteiger partial charge is 0.236 e. The van der Waals surface area contributed by atoms with Gasteiger partial charge in [-0.1, -0.05) is 6.07 Å². The summed E-state index contributed by atoms with van der Waals surface area (Å²) in [5.74, 6) is 0.0934. The van der Waals surface area contributed by atoms with Gasteiger partial charge in [0.15, 0.2) is 0 Å². The van der Waals surface area contributed by atoms with Crippen LogP contribution in [0.3, 0.4) is 0 Å². The Morgan fingerprint density at radius 2 is 2.28 bits per heavy atom. The third-order valence-electron chi connectivity index (χ3n) is 2.88. The number of rotatable bonds is 6. The number of nitrogens with zero attached hydrogens (tertiary/aromatic N) is 1. The van der Waals surface area contributed by atoms with Gasteiger partial charge in [0.1, 0.15) is 18.2 Å². The average Bonchev–Trinajstić information content (AvgIpc) is 3.18. The van der Waals surface area contributed by atoms with Crippen LogP contribution in [0.15, 0.2) is 24.3 Å². The molecule has 1 aliphatic carbocycles. The van der Waals surface area contributed by atoms with Crippen molar-refractivity contribution in [3.63, 3.8) is 0 Å². The number of nitrogens with two attached hydrogens (primary N) is 1. The SMILES string of the molecule is NCC(=O)N(CCOc1cccc(F)c1)C1CC1. The second-order valence-corrected chi connectivity index (χ2v) is 4.33. The Hall–Kier alpha value is -1.62. The average molecular weight is 252 g/mol. The van der Waals surface area contributed by atoms with E-state index in [1.54, 1.807) is 17.0 Å². The van der Waals surface area contributed by atoms with E-state index in [1.807, 2.05) is 0 Å². The molecule has 18 heavy (non-hydrogen) atoms. The molecule has 1 aliphatic rings. The summed E-state index contributed by atoms with van der Waals surface area (Å²) in [6, 6.07) is 6.29. The molecule has 4 nitrogen and oxygen atoms in total. The topological polar surface area (TPSA) is 55.6 Å². The van der Waals surface area contributed by atoms with E-state index in [-0.39, 0.29) is 18.3 Å². The van der Waals surface area contributed by atoms with Gasteiger partial charge in [-0.25, -0.2) is 4.39 Å². The first-order chi connectivity index (χ1) is 8.70. The van der Waals surface area contributed by atoms with Crippen LogP contribution < -0.4 is 10.5 Å². The lowest BCUT2D eigenvalue weighted by atomic mass is 10.3. The van der Waals surface area contributed by atoms with Crippen molar-refractivity contribution in [3.8, 4) is 5.75 Å². The summed E-state index contributed by atoms with van der Waals surface area (Å²) in [5.41, 5.74) is 5.36. The van der Waals surface area contributed by atoms with E-state index in [9.17, 15) is 9.18 Å². The molecule has 0 aliphatic heterocycles. The number of halogens is 1. The number of benzene rings is 1. The van der Waals surface area contributed by atoms with Crippen LogP contribution in [0.25, 0.3) is 0 Å². The van der Waals surface area contributed by atoms with Gasteiger partial charge in [0.05, 0.1) is 13.1 Å². The molecule has 5 heteroatoms. The summed E-state index contributed by atoms with van der Waals surface area (Å²) in [6.45, 7) is 0.874. The van der Waals surface area contributed by atoms with E-state index in [1.165, 1.54) is 12.1 Å². The van der Waals surface area contributed by atoms with Crippen molar-refractivity contribution in [2.45, 2.75) is 18.9 Å². The van der Waals surface area contributed by atoms with Gasteiger partial charge in [-0.15, -0.1) is 0 Å². The second-order valence-electron chi connectivity index (χ2n) is 4.33. The van der Waals surface area contributed by atoms with Crippen molar-refractivity contribution in [3.05, 3.63) is 30.1 Å². The molecule has 0 heterocycles. The zero-order valence-electron chi connectivity index (χ0n) is 10.1. The quantitative estimate of drug-likeness (QED) is 0.826. The van der Waals surface area contributed by atoms with E-state index < -0.39 is 0 Å². The molecular weight excluding hydrogens is 235 g/mol. The van der Waals surface area contributed by atoms with Crippen molar-refractivity contribution >= 4 is 5.91 Å². The molecule has 0 saturated heterocycles. The molecule has 0 bridgehead atoms. The van der Waals surface area contributed by atoms with Crippen LogP contribution in [0.5, 0.6) is 5.75 Å². The van der Waals surface area contributed by atoms with Gasteiger partial charge in [-0.2, -0.15) is 0 Å². The fourth-order valence-corrected chi connectivity index (χ4v) is 1.83. The Bertz CT molecular complexity index is 421. The van der Waals surface area contributed by atoms with E-state index in [0.29, 0.717) is 24.9 Å². The lowest BCUT2D eigenvalue weighted by Crippen LogP contribution is -2.40. The summed E-state index contributed by atoms with van der Waals surface area (Å²) in [5, 5.41) is 0. The van der Waals surface area contributed by atoms with Crippen LogP contribution >= 0.6 is 0 Å². The number of ether oxygens (including phenoxy) is 1. The largest absolute Gasteiger partial charge is 0.492 e. The molecule has 1 fully saturated rings. The van der Waals surface area contributed by atoms with Crippen LogP contribution in [-0.2, 0) is 4.79 Å². The van der Waals surface area contributed by atoms with Gasteiger partial charge in [0.2, 0.25) is 5.91 Å². The Morgan fingerprint density at radius 3 is 2.89 bits per heavy atom. The van der Waals surface area contributed by atoms with E-state index >= 15 is 0 Å². The highest BCUT2D eigenvalue weighted by Gasteiger charge is 2.31. The van der Waals surface area contributed by atoms with Crippen LogP contribution in [0.1, 0.15) is 12.8 Å². The fourth-order valence-electron chi connectivity index (χ4n) is 1.83. The van der Waals surface area contributed by atoms with Crippen molar-refractivity contribution in [2.24, 2.45) is 5.73 Å². The second kappa shape index (κ2) is 5.82. The Morgan fingerprint density at radius 1 is 1.50 bits per heavy atom. The Balaban J connectivity index is 1.81. The zero-order valence-corrected chi connectivity index (χ0v) is 10.1. The Labute approximate surface area is 106 Å². The first kappa shape index (κ1) is 12.8. The lowest BCUT2D eigenvalue weighted by molar-refractivity contribution is -0.130. The summed E-state index contributed by atoms with van der Waals surface area (Å²) in [4.78, 5) is 13.3. The predicted molar refractivity (Wildman–Crippen MR) is 65.7 cm³/mol. The summed E-state index contributed by atoms with van der Waals surface area (Å²) in [7, 11) is 0. The predicted octanol–water partition coefficient (Wildman–Crippen LogP) is 1.15. The molecule has 1 saturated carbocycles. The van der Waals surface area contributed by atoms with Gasteiger partial charge < -0.3 is 15.4 Å². The molecule has 2 N–H and O–H groups in total. The molecule has 0 aromatic heterocycles. The number of hydrogen-bond donors (Lipinski definition) is 1. The number of carbonyl (C=O) groups is 1. The van der Waals surface area contributed by atoms with Crippen LogP contribution in [0.4, 0.5) is 4.39 Å². The van der Waals surface area contributed by atoms with Crippen molar-refractivity contribution in [2.75, 3.05) is 19.7 Å². The number of amides is 1. The van der Waals surface area contributed by atoms with Gasteiger partial charge in [0.25, 0.3) is 0 Å². The highest BCUT2D eigenvalue weighted by molar-refractivity contribution is 5.78. The maximum absolute atomic E-state index is 12.9. The normalized spacial score (nSPS) is 14.3. The van der Waals surface area contributed by atoms with Gasteiger partial charge >= 0.3 is 0 Å². The molecule has 1 amide bonds. The van der Waals surface area contributed by atoms with Crippen molar-refractivity contribution in [1.29, 1.82) is 0 Å². The van der Waals surface area contributed by atoms with E-state index in [2.05, 4.69) is 0 Å². The minimum Gasteiger partial charge on any atom is -0.492 e. The van der Waals surface area contributed by atoms with Crippen LogP contribution in [0.2, 0.25) is 0 Å². The highest BCUT2D eigenvalue weighted by Crippen LogP contribution is 2.26. The number of carbonyl (C=O) groups excluding carboxylic acids is 1. The molecule has 0 atom stereocenters. The third kappa shape index (κ3) is 3.43. The molecule has 98 valence electrons. The Kier molecular flexibility index (Phi) is 4.15. The number of hydrogen-bond acceptors (Lipinski definition) is 3. The molecule has 0 radical (unpaired) electrons. The summed E-state index contributed by atoms with van der Waals surface area (Å²) >= 11 is 0. The molecule has 0 spiro atoms. The maximum atomic E-state index is 12.9. The summed E-state index contributed by atoms with van der Waals surface area (Å²) in [6.07, 6.45) is 2.07. The first-order valence-electron chi connectivity index (χ1n) is 6.08. The monoisotopic (exact) mass is 252 g/mol. The molecule has 2 rings (SSSR count). The van der Waals surface area contributed by atoms with Gasteiger partial charge in [-0.3, -0.25) is 4.79 Å². The molecule has 0 unspecified atom stereocenters. The minimum absolute atomic E-state index is 0.0243. The van der Waals surface area contributed by atoms with Gasteiger partial charge in [0, 0.05) is 12.1 Å². The lowest BCUT2D eigenvalue weighted by Gasteiger charge is -2.21. The van der Waals surface area contributed by atoms with E-state index in [0.717, 1.165) is 12.8 Å². The van der Waals surface area contributed by atoms with Crippen LogP contribution in [0, 0.1) is 5.82 Å². The van der Waals surface area contributed by atoms with Crippen molar-refractivity contribution < 1.29 is 13.9 Å². The molecule has 1 aromatic carbocycles. The standard InChI is InChI=1S/C13H17FN2O2/c14-10-2-1-3-12(8-10)18-7-6-16(11-4-5-11)13(17)9-15/h1-3,8,11H,4-7,9,15H2. The maximum Gasteiger partial charge on any atom is 0.236 e. The first-order valence-corrected chi connectivity index (χ1v) is 6.08. The fraction of sp³-hybridized carbons (Fsp3) is 0.462.